The van der Waals surface area contributed by atoms with Crippen LogP contribution in [-0.4, -0.2) is 67.7 Å². The van der Waals surface area contributed by atoms with Crippen LogP contribution < -0.4 is 10.6 Å². The van der Waals surface area contributed by atoms with Crippen LogP contribution in [-0.2, 0) is 23.8 Å². The Morgan fingerprint density at radius 2 is 1.97 bits per heavy atom. The summed E-state index contributed by atoms with van der Waals surface area (Å²) in [6, 6.07) is 7.08. The minimum absolute atomic E-state index is 0.0582. The van der Waals surface area contributed by atoms with E-state index in [0.717, 1.165) is 3.57 Å². The van der Waals surface area contributed by atoms with Crippen LogP contribution in [0, 0.1) is 3.57 Å². The number of rotatable bonds is 8. The lowest BCUT2D eigenvalue weighted by atomic mass is 9.91. The van der Waals surface area contributed by atoms with Gasteiger partial charge < -0.3 is 30.0 Å². The van der Waals surface area contributed by atoms with E-state index in [1.165, 1.54) is 0 Å². The standard InChI is InChI=1S/C20H23IN2O7/c21-14-4-2-1-3-13(14)20(27)30-16-10-12(9-15-18(16)29-11-28-15)19(26)23-6-5-17(25)22-7-8-24/h1-4,9,15-16,18,24H,5-8,10-11H2,(H,22,25)(H,23,26). The number of hydrogen-bond donors (Lipinski definition) is 3. The van der Waals surface area contributed by atoms with Crippen molar-refractivity contribution < 1.29 is 33.7 Å². The van der Waals surface area contributed by atoms with Crippen molar-refractivity contribution in [2.75, 3.05) is 26.5 Å². The van der Waals surface area contributed by atoms with E-state index >= 15 is 0 Å². The highest BCUT2D eigenvalue weighted by Gasteiger charge is 2.42. The van der Waals surface area contributed by atoms with Crippen molar-refractivity contribution in [1.29, 1.82) is 0 Å². The molecule has 30 heavy (non-hydrogen) atoms. The Bertz CT molecular complexity index is 829. The van der Waals surface area contributed by atoms with Crippen molar-refractivity contribution in [3.05, 3.63) is 45.0 Å². The quantitative estimate of drug-likeness (QED) is 0.331. The first-order valence-corrected chi connectivity index (χ1v) is 10.6. The summed E-state index contributed by atoms with van der Waals surface area (Å²) in [6.45, 7) is 0.234. The zero-order valence-corrected chi connectivity index (χ0v) is 18.3. The lowest BCUT2D eigenvalue weighted by Gasteiger charge is -2.30. The van der Waals surface area contributed by atoms with Crippen LogP contribution in [0.3, 0.4) is 0 Å². The molecule has 3 N–H and O–H groups in total. The summed E-state index contributed by atoms with van der Waals surface area (Å²) in [5, 5.41) is 13.9. The maximum Gasteiger partial charge on any atom is 0.339 e. The van der Waals surface area contributed by atoms with Gasteiger partial charge in [0.25, 0.3) is 0 Å². The van der Waals surface area contributed by atoms with Crippen LogP contribution in [0.2, 0.25) is 0 Å². The second kappa shape index (κ2) is 10.8. The van der Waals surface area contributed by atoms with Crippen molar-refractivity contribution >= 4 is 40.4 Å². The van der Waals surface area contributed by atoms with Crippen LogP contribution in [0.4, 0.5) is 0 Å². The second-order valence-corrected chi connectivity index (χ2v) is 7.94. The van der Waals surface area contributed by atoms with Gasteiger partial charge in [-0.05, 0) is 40.8 Å². The van der Waals surface area contributed by atoms with Gasteiger partial charge in [0.2, 0.25) is 11.8 Å². The first-order valence-electron chi connectivity index (χ1n) is 9.54. The number of amides is 2. The van der Waals surface area contributed by atoms with Crippen molar-refractivity contribution in [1.82, 2.24) is 10.6 Å². The largest absolute Gasteiger partial charge is 0.455 e. The van der Waals surface area contributed by atoms with E-state index < -0.39 is 24.3 Å². The molecule has 0 aromatic heterocycles. The number of aliphatic hydroxyl groups is 1. The molecule has 2 amide bonds. The Morgan fingerprint density at radius 1 is 1.17 bits per heavy atom. The Kier molecular flexibility index (Phi) is 8.19. The summed E-state index contributed by atoms with van der Waals surface area (Å²) in [6.07, 6.45) is 0.323. The summed E-state index contributed by atoms with van der Waals surface area (Å²) in [5.41, 5.74) is 0.862. The Hall–Kier alpha value is -2.02. The second-order valence-electron chi connectivity index (χ2n) is 6.78. The smallest absolute Gasteiger partial charge is 0.339 e. The minimum Gasteiger partial charge on any atom is -0.455 e. The monoisotopic (exact) mass is 530 g/mol. The predicted molar refractivity (Wildman–Crippen MR) is 113 cm³/mol. The van der Waals surface area contributed by atoms with Crippen molar-refractivity contribution in [3.8, 4) is 0 Å². The summed E-state index contributed by atoms with van der Waals surface area (Å²) in [4.78, 5) is 36.7. The van der Waals surface area contributed by atoms with Gasteiger partial charge in [-0.3, -0.25) is 9.59 Å². The van der Waals surface area contributed by atoms with Crippen LogP contribution in [0.25, 0.3) is 0 Å². The Morgan fingerprint density at radius 3 is 2.73 bits per heavy atom. The van der Waals surface area contributed by atoms with Gasteiger partial charge in [-0.1, -0.05) is 12.1 Å². The van der Waals surface area contributed by atoms with Crippen molar-refractivity contribution in [2.24, 2.45) is 0 Å². The average Bonchev–Trinajstić information content (AvgIpc) is 3.21. The number of benzene rings is 1. The van der Waals surface area contributed by atoms with Gasteiger partial charge in [-0.2, -0.15) is 0 Å². The number of esters is 1. The first kappa shape index (κ1) is 22.7. The SMILES string of the molecule is O=C(CCNC(=O)C1=CC2OCOC2C(OC(=O)c2ccccc2I)C1)NCCO. The molecule has 1 heterocycles. The molecule has 3 unspecified atom stereocenters. The fourth-order valence-corrected chi connectivity index (χ4v) is 3.85. The summed E-state index contributed by atoms with van der Waals surface area (Å²) in [5.74, 6) is -1.10. The number of ether oxygens (including phenoxy) is 3. The Balaban J connectivity index is 1.60. The van der Waals surface area contributed by atoms with Crippen LogP contribution in [0.5, 0.6) is 0 Å². The molecule has 2 aliphatic rings. The molecule has 0 radical (unpaired) electrons. The molecule has 1 aromatic carbocycles. The van der Waals surface area contributed by atoms with E-state index in [0.29, 0.717) is 11.1 Å². The molecule has 1 aliphatic heterocycles. The molecule has 0 saturated carbocycles. The normalized spacial score (nSPS) is 22.6. The zero-order valence-electron chi connectivity index (χ0n) is 16.1. The van der Waals surface area contributed by atoms with Crippen LogP contribution in [0.1, 0.15) is 23.2 Å². The van der Waals surface area contributed by atoms with E-state index in [4.69, 9.17) is 19.3 Å². The number of halogens is 1. The van der Waals surface area contributed by atoms with E-state index in [1.54, 1.807) is 18.2 Å². The summed E-state index contributed by atoms with van der Waals surface area (Å²) >= 11 is 2.07. The summed E-state index contributed by atoms with van der Waals surface area (Å²) in [7, 11) is 0. The minimum atomic E-state index is -0.667. The third-order valence-corrected chi connectivity index (χ3v) is 5.65. The Labute approximate surface area is 187 Å². The third kappa shape index (κ3) is 5.78. The molecule has 1 saturated heterocycles. The number of carbonyl (C=O) groups excluding carboxylic acids is 3. The molecule has 9 nitrogen and oxygen atoms in total. The maximum absolute atomic E-state index is 12.6. The number of carbonyl (C=O) groups is 3. The molecule has 10 heteroatoms. The number of nitrogens with one attached hydrogen (secondary N) is 2. The van der Waals surface area contributed by atoms with Gasteiger partial charge in [0.05, 0.1) is 12.2 Å². The van der Waals surface area contributed by atoms with Gasteiger partial charge in [-0.25, -0.2) is 4.79 Å². The predicted octanol–water partition coefficient (Wildman–Crippen LogP) is 0.503. The molecule has 1 aromatic rings. The zero-order chi connectivity index (χ0) is 21.5. The first-order chi connectivity index (χ1) is 14.5. The van der Waals surface area contributed by atoms with Crippen molar-refractivity contribution in [2.45, 2.75) is 31.2 Å². The third-order valence-electron chi connectivity index (χ3n) is 4.71. The van der Waals surface area contributed by atoms with Gasteiger partial charge in [0.15, 0.2) is 0 Å². The van der Waals surface area contributed by atoms with E-state index in [2.05, 4.69) is 33.2 Å². The highest BCUT2D eigenvalue weighted by atomic mass is 127. The van der Waals surface area contributed by atoms with Crippen LogP contribution in [0.15, 0.2) is 35.9 Å². The van der Waals surface area contributed by atoms with Gasteiger partial charge in [-0.15, -0.1) is 0 Å². The van der Waals surface area contributed by atoms with E-state index in [9.17, 15) is 14.4 Å². The van der Waals surface area contributed by atoms with Crippen LogP contribution >= 0.6 is 22.6 Å². The highest BCUT2D eigenvalue weighted by molar-refractivity contribution is 14.1. The number of fused-ring (bicyclic) bond motifs is 1. The fourth-order valence-electron chi connectivity index (χ4n) is 3.24. The van der Waals surface area contributed by atoms with E-state index in [1.807, 2.05) is 12.1 Å². The average molecular weight is 530 g/mol. The number of aliphatic hydroxyl groups excluding tert-OH is 1. The summed E-state index contributed by atoms with van der Waals surface area (Å²) < 4.78 is 17.5. The molecular formula is C20H23IN2O7. The van der Waals surface area contributed by atoms with Gasteiger partial charge in [0, 0.05) is 35.1 Å². The lowest BCUT2D eigenvalue weighted by Crippen LogP contribution is -2.43. The molecule has 1 fully saturated rings. The van der Waals surface area contributed by atoms with Gasteiger partial charge >= 0.3 is 5.97 Å². The molecule has 0 bridgehead atoms. The lowest BCUT2D eigenvalue weighted by molar-refractivity contribution is -0.121. The van der Waals surface area contributed by atoms with Crippen molar-refractivity contribution in [3.63, 3.8) is 0 Å². The molecule has 1 aliphatic carbocycles. The molecule has 162 valence electrons. The highest BCUT2D eigenvalue weighted by Crippen LogP contribution is 2.31. The maximum atomic E-state index is 12.6. The number of hydrogen-bond acceptors (Lipinski definition) is 7. The topological polar surface area (TPSA) is 123 Å². The van der Waals surface area contributed by atoms with Gasteiger partial charge in [0.1, 0.15) is 25.1 Å². The molecule has 3 rings (SSSR count). The molecule has 0 spiro atoms. The van der Waals surface area contributed by atoms with E-state index in [-0.39, 0.29) is 51.1 Å². The fraction of sp³-hybridized carbons (Fsp3) is 0.450. The molecule has 3 atom stereocenters. The molecular weight excluding hydrogens is 507 g/mol.